The number of hydrazine groups is 1. The number of cyclic esters (lactones) is 1. The van der Waals surface area contributed by atoms with E-state index in [-0.39, 0.29) is 37.0 Å². The van der Waals surface area contributed by atoms with Crippen LogP contribution >= 0.6 is 11.3 Å². The second kappa shape index (κ2) is 16.4. The number of methoxy groups -OCH3 is 1. The summed E-state index contributed by atoms with van der Waals surface area (Å²) in [6.45, 7) is 12.2. The molecule has 15 heteroatoms. The Hall–Kier alpha value is -4.70. The fourth-order valence-electron chi connectivity index (χ4n) is 9.32. The first-order valence-electron chi connectivity index (χ1n) is 20.9. The van der Waals surface area contributed by atoms with Gasteiger partial charge in [0.15, 0.2) is 0 Å². The van der Waals surface area contributed by atoms with E-state index in [0.29, 0.717) is 49.6 Å². The molecule has 7 atom stereocenters. The highest BCUT2D eigenvalue weighted by Crippen LogP contribution is 2.52. The minimum Gasteiger partial charge on any atom is -0.464 e. The number of rotatable bonds is 8. The SMILES string of the molecule is CCO[C@@H]1c2nc(cs2)-c2ccc3c(c2)c(c(-c2cccnc2[C@H](C)OC)n3CC)CC(C)(C)COC(=O)[C@@H]2CCCN(N2)C(=O)[C@H]1NC(=O)[C@H]1[C@@H]2CCN(C)C(=O)[C@@H]21. The molecule has 1 aliphatic carbocycles. The molecule has 3 fully saturated rings. The number of piperidine rings is 1. The number of hydrogen-bond acceptors (Lipinski definition) is 11. The Morgan fingerprint density at radius 3 is 2.71 bits per heavy atom. The van der Waals surface area contributed by atoms with Crippen molar-refractivity contribution in [1.82, 2.24) is 35.2 Å². The van der Waals surface area contributed by atoms with Crippen molar-refractivity contribution < 1.29 is 33.4 Å². The topological polar surface area (TPSA) is 157 Å². The van der Waals surface area contributed by atoms with Crippen LogP contribution in [-0.2, 0) is 46.4 Å². The number of carbonyl (C=O) groups excluding carboxylic acids is 4. The van der Waals surface area contributed by atoms with Crippen LogP contribution in [-0.4, -0.2) is 101 Å². The molecule has 59 heavy (non-hydrogen) atoms. The van der Waals surface area contributed by atoms with Gasteiger partial charge in [0, 0.05) is 79.4 Å². The summed E-state index contributed by atoms with van der Waals surface area (Å²) in [4.78, 5) is 67.2. The molecule has 8 rings (SSSR count). The number of fused-ring (bicyclic) bond motifs is 7. The number of nitrogens with zero attached hydrogens (tertiary/aromatic N) is 5. The van der Waals surface area contributed by atoms with Gasteiger partial charge < -0.3 is 29.0 Å². The fraction of sp³-hybridized carbons (Fsp3) is 0.545. The van der Waals surface area contributed by atoms with Crippen LogP contribution in [0.5, 0.6) is 0 Å². The molecule has 3 aromatic heterocycles. The summed E-state index contributed by atoms with van der Waals surface area (Å²) in [6, 6.07) is 8.45. The van der Waals surface area contributed by atoms with Gasteiger partial charge in [-0.05, 0) is 82.2 Å². The van der Waals surface area contributed by atoms with E-state index in [2.05, 4.69) is 60.3 Å². The first kappa shape index (κ1) is 41.1. The molecular formula is C44H55N7O7S. The van der Waals surface area contributed by atoms with Crippen molar-refractivity contribution >= 4 is 45.9 Å². The number of nitrogens with one attached hydrogen (secondary N) is 2. The van der Waals surface area contributed by atoms with Crippen molar-refractivity contribution in [3.05, 3.63) is 58.2 Å². The lowest BCUT2D eigenvalue weighted by Gasteiger charge is -2.37. The number of pyridine rings is 1. The molecule has 0 spiro atoms. The van der Waals surface area contributed by atoms with E-state index in [9.17, 15) is 19.2 Å². The first-order valence-corrected chi connectivity index (χ1v) is 21.7. The lowest BCUT2D eigenvalue weighted by molar-refractivity contribution is -0.156. The molecule has 314 valence electrons. The number of aryl methyl sites for hydroxylation is 1. The largest absolute Gasteiger partial charge is 0.464 e. The molecule has 6 heterocycles. The maximum Gasteiger partial charge on any atom is 0.324 e. The van der Waals surface area contributed by atoms with Gasteiger partial charge in [0.2, 0.25) is 11.8 Å². The molecular weight excluding hydrogens is 771 g/mol. The number of aromatic nitrogens is 3. The summed E-state index contributed by atoms with van der Waals surface area (Å²) in [7, 11) is 3.44. The van der Waals surface area contributed by atoms with Crippen molar-refractivity contribution in [2.75, 3.05) is 40.5 Å². The Morgan fingerprint density at radius 2 is 1.95 bits per heavy atom. The Bertz CT molecular complexity index is 2270. The van der Waals surface area contributed by atoms with Gasteiger partial charge in [-0.25, -0.2) is 10.4 Å². The van der Waals surface area contributed by atoms with E-state index < -0.39 is 47.3 Å². The van der Waals surface area contributed by atoms with Crippen LogP contribution in [0.3, 0.4) is 0 Å². The monoisotopic (exact) mass is 825 g/mol. The van der Waals surface area contributed by atoms with Crippen molar-refractivity contribution in [2.45, 2.75) is 91.1 Å². The van der Waals surface area contributed by atoms with Crippen LogP contribution in [0.1, 0.15) is 82.4 Å². The van der Waals surface area contributed by atoms with E-state index in [1.807, 2.05) is 25.3 Å². The van der Waals surface area contributed by atoms with Crippen LogP contribution in [0.25, 0.3) is 33.4 Å². The number of ether oxygens (including phenoxy) is 3. The van der Waals surface area contributed by atoms with Crippen LogP contribution in [0.15, 0.2) is 41.9 Å². The summed E-state index contributed by atoms with van der Waals surface area (Å²) < 4.78 is 20.6. The summed E-state index contributed by atoms with van der Waals surface area (Å²) in [6.07, 6.45) is 2.94. The van der Waals surface area contributed by atoms with Gasteiger partial charge in [-0.1, -0.05) is 19.9 Å². The van der Waals surface area contributed by atoms with Gasteiger partial charge in [-0.15, -0.1) is 11.3 Å². The van der Waals surface area contributed by atoms with E-state index in [1.54, 1.807) is 25.3 Å². The lowest BCUT2D eigenvalue weighted by atomic mass is 9.84. The maximum atomic E-state index is 14.7. The highest BCUT2D eigenvalue weighted by molar-refractivity contribution is 7.10. The second-order valence-corrected chi connectivity index (χ2v) is 18.0. The highest BCUT2D eigenvalue weighted by atomic mass is 32.1. The normalized spacial score (nSPS) is 26.3. The third-order valence-corrected chi connectivity index (χ3v) is 13.4. The number of amides is 3. The maximum absolute atomic E-state index is 14.7. The molecule has 2 saturated heterocycles. The standard InChI is InChI=1S/C44H55N7O7S/c1-8-50-32-15-14-25-20-28(32)29(37(50)27-12-10-17-45-35(27)24(3)56-7)21-44(4,5)23-58-43(55)30-13-11-18-51(48-30)42(54)36(38(57-9-2)40-46-31(25)22-59-40)47-39(52)33-26-16-19-49(6)41(53)34(26)33/h10,12,14-15,17,20,22,24,26,30,33-34,36,38,48H,8-9,11,13,16,18-19,21,23H2,1-7H3,(H,47,52)/t24-,26-,30-,33-,34-,36-,38-/m0/s1. The van der Waals surface area contributed by atoms with Gasteiger partial charge >= 0.3 is 5.97 Å². The quantitative estimate of drug-likeness (QED) is 0.219. The second-order valence-electron chi connectivity index (χ2n) is 17.1. The molecule has 4 aliphatic rings. The molecule has 14 nitrogen and oxygen atoms in total. The number of thiazole rings is 1. The van der Waals surface area contributed by atoms with Crippen molar-refractivity contribution in [2.24, 2.45) is 23.2 Å². The zero-order valence-electron chi connectivity index (χ0n) is 34.9. The summed E-state index contributed by atoms with van der Waals surface area (Å²) >= 11 is 1.37. The summed E-state index contributed by atoms with van der Waals surface area (Å²) in [5, 5.41) is 7.99. The van der Waals surface area contributed by atoms with Gasteiger partial charge in [0.1, 0.15) is 23.2 Å². The predicted molar refractivity (Wildman–Crippen MR) is 223 cm³/mol. The minimum absolute atomic E-state index is 0.0440. The zero-order valence-corrected chi connectivity index (χ0v) is 35.8. The number of esters is 1. The highest BCUT2D eigenvalue weighted by Gasteiger charge is 2.61. The zero-order chi connectivity index (χ0) is 41.7. The van der Waals surface area contributed by atoms with Crippen molar-refractivity contribution in [1.29, 1.82) is 0 Å². The Kier molecular flexibility index (Phi) is 11.4. The molecule has 2 N–H and O–H groups in total. The van der Waals surface area contributed by atoms with Gasteiger partial charge in [-0.2, -0.15) is 0 Å². The predicted octanol–water partition coefficient (Wildman–Crippen LogP) is 5.46. The van der Waals surface area contributed by atoms with Crippen LogP contribution in [0.2, 0.25) is 0 Å². The summed E-state index contributed by atoms with van der Waals surface area (Å²) in [5.74, 6) is -2.27. The summed E-state index contributed by atoms with van der Waals surface area (Å²) in [5.41, 5.74) is 9.26. The fourth-order valence-corrected chi connectivity index (χ4v) is 10.2. The number of hydrogen-bond donors (Lipinski definition) is 2. The molecule has 0 radical (unpaired) electrons. The minimum atomic E-state index is -1.18. The number of carbonyl (C=O) groups is 4. The van der Waals surface area contributed by atoms with E-state index >= 15 is 0 Å². The van der Waals surface area contributed by atoms with Crippen molar-refractivity contribution in [3.8, 4) is 22.5 Å². The number of likely N-dealkylation sites (tertiary alicyclic amines) is 1. The Morgan fingerprint density at radius 1 is 1.14 bits per heavy atom. The van der Waals surface area contributed by atoms with Crippen LogP contribution < -0.4 is 10.7 Å². The van der Waals surface area contributed by atoms with Gasteiger partial charge in [-0.3, -0.25) is 29.2 Å². The van der Waals surface area contributed by atoms with E-state index in [0.717, 1.165) is 45.4 Å². The van der Waals surface area contributed by atoms with Crippen LogP contribution in [0.4, 0.5) is 0 Å². The third-order valence-electron chi connectivity index (χ3n) is 12.5. The van der Waals surface area contributed by atoms with Gasteiger partial charge in [0.05, 0.1) is 41.6 Å². The van der Waals surface area contributed by atoms with Gasteiger partial charge in [0.25, 0.3) is 5.91 Å². The average Bonchev–Trinajstić information content (AvgIpc) is 3.64. The Labute approximate surface area is 348 Å². The molecule has 3 amide bonds. The molecule has 0 unspecified atom stereocenters. The van der Waals surface area contributed by atoms with Crippen molar-refractivity contribution in [3.63, 3.8) is 0 Å². The molecule has 3 aliphatic heterocycles. The smallest absolute Gasteiger partial charge is 0.324 e. The lowest BCUT2D eigenvalue weighted by Crippen LogP contribution is -2.61. The molecule has 6 bridgehead atoms. The Balaban J connectivity index is 1.25. The molecule has 1 saturated carbocycles. The average molecular weight is 826 g/mol. The third kappa shape index (κ3) is 7.66. The molecule has 4 aromatic rings. The molecule has 1 aromatic carbocycles. The van der Waals surface area contributed by atoms with Crippen LogP contribution in [0, 0.1) is 23.2 Å². The van der Waals surface area contributed by atoms with E-state index in [4.69, 9.17) is 24.2 Å². The first-order chi connectivity index (χ1) is 28.3. The van der Waals surface area contributed by atoms with E-state index in [1.165, 1.54) is 16.3 Å². The number of benzene rings is 1.